The molecular weight excluding hydrogens is 376 g/mol. The van der Waals surface area contributed by atoms with E-state index in [1.807, 2.05) is 0 Å². The Labute approximate surface area is 150 Å². The minimum absolute atomic E-state index is 0.0137. The van der Waals surface area contributed by atoms with Crippen LogP contribution in [0.1, 0.15) is 50.3 Å². The van der Waals surface area contributed by atoms with E-state index in [1.165, 1.54) is 10.5 Å². The van der Waals surface area contributed by atoms with Crippen LogP contribution in [0.5, 0.6) is 0 Å². The van der Waals surface area contributed by atoms with Crippen molar-refractivity contribution in [2.75, 3.05) is 5.32 Å². The number of fused-ring (bicyclic) bond motifs is 1. The van der Waals surface area contributed by atoms with Gasteiger partial charge in [0.15, 0.2) is 5.82 Å². The Balaban J connectivity index is 1.93. The molecule has 0 radical (unpaired) electrons. The van der Waals surface area contributed by atoms with Crippen molar-refractivity contribution in [3.05, 3.63) is 29.6 Å². The van der Waals surface area contributed by atoms with E-state index in [9.17, 15) is 31.1 Å². The fourth-order valence-corrected chi connectivity index (χ4v) is 2.75. The van der Waals surface area contributed by atoms with Crippen molar-refractivity contribution < 1.29 is 31.1 Å². The quantitative estimate of drug-likeness (QED) is 0.731. The van der Waals surface area contributed by atoms with E-state index in [4.69, 9.17) is 0 Å². The van der Waals surface area contributed by atoms with Crippen LogP contribution in [0.4, 0.5) is 32.2 Å². The Bertz CT molecular complexity index is 877. The van der Waals surface area contributed by atoms with Crippen molar-refractivity contribution in [2.45, 2.75) is 51.4 Å². The first-order chi connectivity index (χ1) is 12.3. The molecule has 10 heteroatoms. The van der Waals surface area contributed by atoms with E-state index < -0.39 is 35.7 Å². The van der Waals surface area contributed by atoms with Crippen LogP contribution in [0.25, 0.3) is 5.65 Å². The second kappa shape index (κ2) is 6.13. The highest BCUT2D eigenvalue weighted by Gasteiger charge is 2.48. The summed E-state index contributed by atoms with van der Waals surface area (Å²) >= 11 is 0. The number of carbonyl (C=O) groups is 1. The first-order valence-corrected chi connectivity index (χ1v) is 8.25. The highest BCUT2D eigenvalue weighted by Crippen LogP contribution is 2.45. The number of imidazole rings is 1. The molecule has 0 spiro atoms. The molecule has 3 rings (SSSR count). The van der Waals surface area contributed by atoms with Gasteiger partial charge in [0, 0.05) is 18.5 Å². The largest absolute Gasteiger partial charge is 0.417 e. The molecule has 1 aliphatic carbocycles. The topological polar surface area (TPSA) is 46.4 Å². The minimum atomic E-state index is -4.57. The van der Waals surface area contributed by atoms with Crippen LogP contribution < -0.4 is 5.32 Å². The third-order valence-electron chi connectivity index (χ3n) is 4.57. The zero-order valence-corrected chi connectivity index (χ0v) is 14.5. The van der Waals surface area contributed by atoms with Crippen molar-refractivity contribution in [3.63, 3.8) is 0 Å². The summed E-state index contributed by atoms with van der Waals surface area (Å²) in [6, 6.07) is 2.04. The van der Waals surface area contributed by atoms with Gasteiger partial charge in [-0.25, -0.2) is 4.98 Å². The zero-order valence-electron chi connectivity index (χ0n) is 14.5. The van der Waals surface area contributed by atoms with Gasteiger partial charge in [0.05, 0.1) is 16.7 Å². The third kappa shape index (κ3) is 3.89. The molecule has 0 atom stereocenters. The third-order valence-corrected chi connectivity index (χ3v) is 4.57. The summed E-state index contributed by atoms with van der Waals surface area (Å²) in [4.78, 5) is 16.2. The van der Waals surface area contributed by atoms with E-state index in [2.05, 4.69) is 10.3 Å². The summed E-state index contributed by atoms with van der Waals surface area (Å²) in [5, 5.41) is 2.36. The lowest BCUT2D eigenvalue weighted by atomic mass is 9.88. The normalized spacial score (nSPS) is 16.0. The fraction of sp³-hybridized carbons (Fsp3) is 0.529. The summed E-state index contributed by atoms with van der Waals surface area (Å²) < 4.78 is 79.1. The van der Waals surface area contributed by atoms with Crippen molar-refractivity contribution in [1.82, 2.24) is 9.38 Å². The molecule has 0 unspecified atom stereocenters. The highest BCUT2D eigenvalue weighted by molar-refractivity contribution is 5.91. The standard InChI is InChI=1S/C17H17F6N3O/c1-15(2,17(21,22)23)7-12(27)25-14-13(9-3-4-9)26-8-10(16(18,19)20)5-6-11(26)24-14/h5-6,8-9H,3-4,7H2,1-2H3,(H,25,27). The highest BCUT2D eigenvalue weighted by atomic mass is 19.4. The fourth-order valence-electron chi connectivity index (χ4n) is 2.75. The van der Waals surface area contributed by atoms with Gasteiger partial charge in [-0.1, -0.05) is 13.8 Å². The number of aromatic nitrogens is 2. The minimum Gasteiger partial charge on any atom is -0.309 e. The molecular formula is C17H17F6N3O. The lowest BCUT2D eigenvalue weighted by Gasteiger charge is -2.26. The van der Waals surface area contributed by atoms with Gasteiger partial charge in [-0.3, -0.25) is 4.79 Å². The van der Waals surface area contributed by atoms with Gasteiger partial charge < -0.3 is 9.72 Å². The van der Waals surface area contributed by atoms with Gasteiger partial charge in [-0.15, -0.1) is 0 Å². The lowest BCUT2D eigenvalue weighted by molar-refractivity contribution is -0.213. The number of hydrogen-bond acceptors (Lipinski definition) is 2. The summed E-state index contributed by atoms with van der Waals surface area (Å²) in [7, 11) is 0. The van der Waals surface area contributed by atoms with Crippen molar-refractivity contribution in [1.29, 1.82) is 0 Å². The molecule has 1 amide bonds. The molecule has 0 bridgehead atoms. The van der Waals surface area contributed by atoms with Crippen molar-refractivity contribution >= 4 is 17.4 Å². The molecule has 4 nitrogen and oxygen atoms in total. The smallest absolute Gasteiger partial charge is 0.309 e. The number of carbonyl (C=O) groups excluding carboxylic acids is 1. The van der Waals surface area contributed by atoms with Crippen molar-refractivity contribution in [3.8, 4) is 0 Å². The predicted molar refractivity (Wildman–Crippen MR) is 85.3 cm³/mol. The maximum absolute atomic E-state index is 13.0. The maximum atomic E-state index is 13.0. The molecule has 1 fully saturated rings. The molecule has 2 heterocycles. The number of alkyl halides is 6. The lowest BCUT2D eigenvalue weighted by Crippen LogP contribution is -2.36. The predicted octanol–water partition coefficient (Wildman–Crippen LogP) is 5.15. The maximum Gasteiger partial charge on any atom is 0.417 e. The zero-order chi connectivity index (χ0) is 20.2. The van der Waals surface area contributed by atoms with Crippen molar-refractivity contribution in [2.24, 2.45) is 5.41 Å². The van der Waals surface area contributed by atoms with E-state index in [1.54, 1.807) is 0 Å². The van der Waals surface area contributed by atoms with E-state index in [-0.39, 0.29) is 17.4 Å². The van der Waals surface area contributed by atoms with Crippen LogP contribution in [-0.2, 0) is 11.0 Å². The number of nitrogens with one attached hydrogen (secondary N) is 1. The van der Waals surface area contributed by atoms with Crippen LogP contribution in [-0.4, -0.2) is 21.5 Å². The molecule has 1 N–H and O–H groups in total. The first-order valence-electron chi connectivity index (χ1n) is 8.25. The Morgan fingerprint density at radius 3 is 2.33 bits per heavy atom. The molecule has 2 aromatic rings. The van der Waals surface area contributed by atoms with Crippen LogP contribution >= 0.6 is 0 Å². The van der Waals surface area contributed by atoms with E-state index in [0.717, 1.165) is 26.1 Å². The average molecular weight is 393 g/mol. The Morgan fingerprint density at radius 2 is 1.81 bits per heavy atom. The first kappa shape index (κ1) is 19.5. The molecule has 1 saturated carbocycles. The van der Waals surface area contributed by atoms with Crippen LogP contribution in [0.2, 0.25) is 0 Å². The second-order valence-electron chi connectivity index (χ2n) is 7.37. The van der Waals surface area contributed by atoms with Crippen LogP contribution in [0.15, 0.2) is 18.3 Å². The summed E-state index contributed by atoms with van der Waals surface area (Å²) in [5.41, 5.74) is -2.53. The number of halogens is 6. The molecule has 2 aromatic heterocycles. The van der Waals surface area contributed by atoms with Crippen LogP contribution in [0.3, 0.4) is 0 Å². The number of amides is 1. The summed E-state index contributed by atoms with van der Waals surface area (Å²) in [6.07, 6.45) is -7.61. The second-order valence-corrected chi connectivity index (χ2v) is 7.37. The number of pyridine rings is 1. The molecule has 0 aromatic carbocycles. The summed E-state index contributed by atoms with van der Waals surface area (Å²) in [5.74, 6) is -0.965. The van der Waals surface area contributed by atoms with Gasteiger partial charge in [0.1, 0.15) is 5.65 Å². The molecule has 148 valence electrons. The number of anilines is 1. The monoisotopic (exact) mass is 393 g/mol. The molecule has 27 heavy (non-hydrogen) atoms. The number of nitrogens with zero attached hydrogens (tertiary/aromatic N) is 2. The van der Waals surface area contributed by atoms with Gasteiger partial charge >= 0.3 is 12.4 Å². The SMILES string of the molecule is CC(C)(CC(=O)Nc1nc2ccc(C(F)(F)F)cn2c1C1CC1)C(F)(F)F. The molecule has 0 aliphatic heterocycles. The number of rotatable bonds is 4. The van der Waals surface area contributed by atoms with E-state index >= 15 is 0 Å². The number of hydrogen-bond donors (Lipinski definition) is 1. The Morgan fingerprint density at radius 1 is 1.19 bits per heavy atom. The molecule has 1 aliphatic rings. The van der Waals surface area contributed by atoms with Gasteiger partial charge in [0.25, 0.3) is 0 Å². The van der Waals surface area contributed by atoms with Gasteiger partial charge in [0.2, 0.25) is 5.91 Å². The Hall–Kier alpha value is -2.26. The average Bonchev–Trinajstić information content (AvgIpc) is 3.25. The summed E-state index contributed by atoms with van der Waals surface area (Å²) in [6.45, 7) is 1.82. The molecule has 0 saturated heterocycles. The Kier molecular flexibility index (Phi) is 4.43. The van der Waals surface area contributed by atoms with E-state index in [0.29, 0.717) is 18.5 Å². The van der Waals surface area contributed by atoms with Gasteiger partial charge in [-0.2, -0.15) is 26.3 Å². The van der Waals surface area contributed by atoms with Gasteiger partial charge in [-0.05, 0) is 25.0 Å². The van der Waals surface area contributed by atoms with Crippen LogP contribution in [0, 0.1) is 5.41 Å².